The number of anilines is 1. The summed E-state index contributed by atoms with van der Waals surface area (Å²) in [4.78, 5) is 2.54. The van der Waals surface area contributed by atoms with Gasteiger partial charge in [-0.3, -0.25) is 0 Å². The van der Waals surface area contributed by atoms with Gasteiger partial charge in [0.15, 0.2) is 0 Å². The standard InChI is InChI=1S/C36H29N/c1-28-27-34(35(29-17-7-2-8-18-29)30-19-9-3-10-20-30)37(33-25-15-6-16-26-33)36(28,31-21-11-4-12-22-31)32-23-13-5-14-24-32/h2-27H,1H3. The van der Waals surface area contributed by atoms with Crippen LogP contribution in [0.5, 0.6) is 0 Å². The molecule has 0 aliphatic carbocycles. The van der Waals surface area contributed by atoms with Gasteiger partial charge in [-0.15, -0.1) is 0 Å². The van der Waals surface area contributed by atoms with Crippen LogP contribution in [0.4, 0.5) is 5.69 Å². The quantitative estimate of drug-likeness (QED) is 0.245. The van der Waals surface area contributed by atoms with Crippen molar-refractivity contribution in [2.24, 2.45) is 0 Å². The number of nitrogens with zero attached hydrogens (tertiary/aromatic N) is 1. The van der Waals surface area contributed by atoms with Crippen molar-refractivity contribution in [3.8, 4) is 0 Å². The Labute approximate surface area is 219 Å². The molecular formula is C36H29N. The van der Waals surface area contributed by atoms with Crippen molar-refractivity contribution in [2.75, 3.05) is 4.90 Å². The molecule has 1 nitrogen and oxygen atoms in total. The zero-order chi connectivity index (χ0) is 25.1. The van der Waals surface area contributed by atoms with Crippen molar-refractivity contribution in [2.45, 2.75) is 12.5 Å². The molecule has 0 spiro atoms. The Kier molecular flexibility index (Phi) is 6.04. The van der Waals surface area contributed by atoms with Crippen molar-refractivity contribution in [1.82, 2.24) is 0 Å². The fourth-order valence-corrected chi connectivity index (χ4v) is 5.74. The van der Waals surface area contributed by atoms with Crippen LogP contribution in [0.2, 0.25) is 0 Å². The lowest BCUT2D eigenvalue weighted by atomic mass is 9.77. The van der Waals surface area contributed by atoms with Crippen molar-refractivity contribution >= 4 is 11.3 Å². The molecule has 5 aromatic carbocycles. The van der Waals surface area contributed by atoms with Gasteiger partial charge < -0.3 is 4.90 Å². The summed E-state index contributed by atoms with van der Waals surface area (Å²) < 4.78 is 0. The first-order valence-corrected chi connectivity index (χ1v) is 12.8. The maximum Gasteiger partial charge on any atom is 0.117 e. The van der Waals surface area contributed by atoms with E-state index >= 15 is 0 Å². The minimum Gasteiger partial charge on any atom is -0.323 e. The van der Waals surface area contributed by atoms with Gasteiger partial charge in [-0.05, 0) is 53.0 Å². The maximum absolute atomic E-state index is 2.54. The smallest absolute Gasteiger partial charge is 0.117 e. The Balaban J connectivity index is 1.75. The second-order valence-corrected chi connectivity index (χ2v) is 9.43. The predicted molar refractivity (Wildman–Crippen MR) is 155 cm³/mol. The number of rotatable bonds is 5. The van der Waals surface area contributed by atoms with Crippen LogP contribution in [-0.2, 0) is 5.54 Å². The van der Waals surface area contributed by atoms with E-state index in [1.165, 1.54) is 39.1 Å². The molecule has 178 valence electrons. The van der Waals surface area contributed by atoms with E-state index < -0.39 is 5.54 Å². The van der Waals surface area contributed by atoms with Crippen molar-refractivity contribution in [3.05, 3.63) is 191 Å². The summed E-state index contributed by atoms with van der Waals surface area (Å²) in [5.74, 6) is 0. The topological polar surface area (TPSA) is 3.24 Å². The SMILES string of the molecule is CC1=CC(=C(c2ccccc2)c2ccccc2)N(c2ccccc2)C1(c1ccccc1)c1ccccc1. The lowest BCUT2D eigenvalue weighted by molar-refractivity contribution is 0.623. The zero-order valence-electron chi connectivity index (χ0n) is 21.0. The van der Waals surface area contributed by atoms with E-state index in [4.69, 9.17) is 0 Å². The van der Waals surface area contributed by atoms with Crippen LogP contribution in [-0.4, -0.2) is 0 Å². The van der Waals surface area contributed by atoms with Gasteiger partial charge in [-0.2, -0.15) is 0 Å². The summed E-state index contributed by atoms with van der Waals surface area (Å²) in [6, 6.07) is 54.1. The average Bonchev–Trinajstić information content (AvgIpc) is 3.28. The van der Waals surface area contributed by atoms with Gasteiger partial charge in [0, 0.05) is 11.3 Å². The average molecular weight is 476 g/mol. The summed E-state index contributed by atoms with van der Waals surface area (Å²) in [6.07, 6.45) is 2.39. The van der Waals surface area contributed by atoms with E-state index in [0.29, 0.717) is 0 Å². The first kappa shape index (κ1) is 22.8. The molecule has 0 saturated carbocycles. The monoisotopic (exact) mass is 475 g/mol. The molecule has 0 N–H and O–H groups in total. The molecular weight excluding hydrogens is 446 g/mol. The number of hydrogen-bond acceptors (Lipinski definition) is 1. The normalized spacial score (nSPS) is 14.4. The van der Waals surface area contributed by atoms with Gasteiger partial charge in [0.1, 0.15) is 5.54 Å². The van der Waals surface area contributed by atoms with Gasteiger partial charge in [0.05, 0.1) is 5.70 Å². The Hall–Kier alpha value is -4.62. The number of allylic oxidation sites excluding steroid dienone is 1. The van der Waals surface area contributed by atoms with Gasteiger partial charge in [-0.25, -0.2) is 0 Å². The molecule has 6 rings (SSSR count). The van der Waals surface area contributed by atoms with Gasteiger partial charge >= 0.3 is 0 Å². The third-order valence-electron chi connectivity index (χ3n) is 7.28. The highest BCUT2D eigenvalue weighted by atomic mass is 15.2. The van der Waals surface area contributed by atoms with E-state index in [1.54, 1.807) is 0 Å². The second-order valence-electron chi connectivity index (χ2n) is 9.43. The Morgan fingerprint density at radius 3 is 1.30 bits per heavy atom. The third kappa shape index (κ3) is 3.90. The lowest BCUT2D eigenvalue weighted by Gasteiger charge is -2.44. The molecule has 0 aromatic heterocycles. The summed E-state index contributed by atoms with van der Waals surface area (Å²) in [5, 5.41) is 0. The lowest BCUT2D eigenvalue weighted by Crippen LogP contribution is -2.44. The minimum absolute atomic E-state index is 0.492. The van der Waals surface area contributed by atoms with Crippen molar-refractivity contribution in [1.29, 1.82) is 0 Å². The molecule has 0 atom stereocenters. The summed E-state index contributed by atoms with van der Waals surface area (Å²) >= 11 is 0. The van der Waals surface area contributed by atoms with Gasteiger partial charge in [0.25, 0.3) is 0 Å². The second kappa shape index (κ2) is 9.79. The number of benzene rings is 5. The predicted octanol–water partition coefficient (Wildman–Crippen LogP) is 8.86. The number of hydrogen-bond donors (Lipinski definition) is 0. The van der Waals surface area contributed by atoms with Crippen LogP contribution in [0.1, 0.15) is 29.2 Å². The van der Waals surface area contributed by atoms with E-state index in [-0.39, 0.29) is 0 Å². The third-order valence-corrected chi connectivity index (χ3v) is 7.28. The highest BCUT2D eigenvalue weighted by molar-refractivity contribution is 5.89. The van der Waals surface area contributed by atoms with Crippen LogP contribution in [0, 0.1) is 0 Å². The Morgan fingerprint density at radius 1 is 0.486 bits per heavy atom. The molecule has 0 saturated heterocycles. The van der Waals surface area contributed by atoms with Crippen LogP contribution in [0.15, 0.2) is 169 Å². The largest absolute Gasteiger partial charge is 0.323 e. The molecule has 0 unspecified atom stereocenters. The fourth-order valence-electron chi connectivity index (χ4n) is 5.74. The van der Waals surface area contributed by atoms with Crippen LogP contribution < -0.4 is 4.90 Å². The van der Waals surface area contributed by atoms with E-state index in [9.17, 15) is 0 Å². The van der Waals surface area contributed by atoms with Crippen LogP contribution >= 0.6 is 0 Å². The number of para-hydroxylation sites is 1. The molecule has 1 aliphatic rings. The highest BCUT2D eigenvalue weighted by Gasteiger charge is 2.48. The molecule has 37 heavy (non-hydrogen) atoms. The molecule has 5 aromatic rings. The summed E-state index contributed by atoms with van der Waals surface area (Å²) in [5.41, 5.74) is 9.25. The summed E-state index contributed by atoms with van der Waals surface area (Å²) in [6.45, 7) is 2.27. The molecule has 1 heteroatoms. The molecule has 0 amide bonds. The molecule has 0 fully saturated rings. The van der Waals surface area contributed by atoms with Crippen molar-refractivity contribution in [3.63, 3.8) is 0 Å². The molecule has 1 aliphatic heterocycles. The highest BCUT2D eigenvalue weighted by Crippen LogP contribution is 2.53. The van der Waals surface area contributed by atoms with Crippen molar-refractivity contribution < 1.29 is 0 Å². The van der Waals surface area contributed by atoms with Gasteiger partial charge in [-0.1, -0.05) is 140 Å². The summed E-state index contributed by atoms with van der Waals surface area (Å²) in [7, 11) is 0. The first-order valence-electron chi connectivity index (χ1n) is 12.8. The van der Waals surface area contributed by atoms with E-state index in [0.717, 1.165) is 5.69 Å². The zero-order valence-corrected chi connectivity index (χ0v) is 21.0. The Morgan fingerprint density at radius 2 is 0.865 bits per heavy atom. The minimum atomic E-state index is -0.492. The Bertz CT molecular complexity index is 1450. The molecule has 1 heterocycles. The molecule has 0 radical (unpaired) electrons. The fraction of sp³-hybridized carbons (Fsp3) is 0.0556. The van der Waals surface area contributed by atoms with Crippen LogP contribution in [0.3, 0.4) is 0 Å². The van der Waals surface area contributed by atoms with Gasteiger partial charge in [0.2, 0.25) is 0 Å². The first-order chi connectivity index (χ1) is 18.3. The van der Waals surface area contributed by atoms with E-state index in [1.807, 2.05) is 0 Å². The van der Waals surface area contributed by atoms with Crippen LogP contribution in [0.25, 0.3) is 5.57 Å². The molecule has 0 bridgehead atoms. The maximum atomic E-state index is 2.54. The van der Waals surface area contributed by atoms with E-state index in [2.05, 4.69) is 170 Å².